The van der Waals surface area contributed by atoms with Crippen LogP contribution < -0.4 is 4.72 Å². The van der Waals surface area contributed by atoms with Crippen LogP contribution in [0.15, 0.2) is 71.8 Å². The highest BCUT2D eigenvalue weighted by atomic mass is 32.2. The largest absolute Gasteiger partial charge is 0.386 e. The van der Waals surface area contributed by atoms with Crippen LogP contribution in [0.2, 0.25) is 0 Å². The summed E-state index contributed by atoms with van der Waals surface area (Å²) in [6.45, 7) is 9.52. The van der Waals surface area contributed by atoms with E-state index >= 15 is 0 Å². The van der Waals surface area contributed by atoms with Gasteiger partial charge in [-0.1, -0.05) is 36.4 Å². The summed E-state index contributed by atoms with van der Waals surface area (Å²) in [6.07, 6.45) is 3.82. The van der Waals surface area contributed by atoms with Gasteiger partial charge in [0.15, 0.2) is 0 Å². The number of thiophene rings is 1. The summed E-state index contributed by atoms with van der Waals surface area (Å²) < 4.78 is 17.4. The zero-order chi connectivity index (χ0) is 25.4. The van der Waals surface area contributed by atoms with Gasteiger partial charge >= 0.3 is 0 Å². The van der Waals surface area contributed by atoms with E-state index in [2.05, 4.69) is 46.3 Å². The number of rotatable bonds is 7. The van der Waals surface area contributed by atoms with E-state index in [1.165, 1.54) is 0 Å². The number of hydrogen-bond donors (Lipinski definition) is 2. The summed E-state index contributed by atoms with van der Waals surface area (Å²) in [4.78, 5) is 6.88. The third-order valence-electron chi connectivity index (χ3n) is 5.82. The van der Waals surface area contributed by atoms with Crippen molar-refractivity contribution in [3.05, 3.63) is 82.9 Å². The Morgan fingerprint density at radius 3 is 2.46 bits per heavy atom. The van der Waals surface area contributed by atoms with Gasteiger partial charge in [0.2, 0.25) is 0 Å². The number of aliphatic hydroxyl groups is 1. The highest BCUT2D eigenvalue weighted by Gasteiger charge is 2.27. The number of hydrogen-bond acceptors (Lipinski definition) is 5. The molecule has 0 fully saturated rings. The van der Waals surface area contributed by atoms with Crippen molar-refractivity contribution in [3.63, 3.8) is 0 Å². The van der Waals surface area contributed by atoms with Crippen molar-refractivity contribution in [1.29, 1.82) is 0 Å². The molecule has 4 rings (SSSR count). The van der Waals surface area contributed by atoms with Gasteiger partial charge in [0.1, 0.15) is 0 Å². The van der Waals surface area contributed by atoms with Gasteiger partial charge in [-0.25, -0.2) is 8.93 Å². The standard InChI is InChI=1S/C28H32N2O2S3/c1-27(2,3)35(32)30-25(21-11-7-8-13-23(21)33-6)24-16-18-10-9-12-20(26(18)34-24)22-17-19(14-15-29-22)28(4,5)31/h7-17,25,30-31H,1-6H3/t25-,35?/m0/s1. The van der Waals surface area contributed by atoms with E-state index in [4.69, 9.17) is 0 Å². The number of nitrogens with zero attached hydrogens (tertiary/aromatic N) is 1. The highest BCUT2D eigenvalue weighted by Crippen LogP contribution is 2.41. The van der Waals surface area contributed by atoms with Crippen molar-refractivity contribution in [3.8, 4) is 11.3 Å². The SMILES string of the molecule is CSc1ccccc1[C@H](NS(=O)C(C)(C)C)c1cc2cccc(-c3cc(C(C)(C)O)ccn3)c2s1. The maximum Gasteiger partial charge on any atom is 0.0979 e. The molecule has 2 atom stereocenters. The molecule has 4 nitrogen and oxygen atoms in total. The summed E-state index contributed by atoms with van der Waals surface area (Å²) in [6, 6.07) is 20.3. The summed E-state index contributed by atoms with van der Waals surface area (Å²) >= 11 is 3.39. The molecule has 2 N–H and O–H groups in total. The maximum atomic E-state index is 13.2. The van der Waals surface area contributed by atoms with Crippen LogP contribution in [0.25, 0.3) is 21.3 Å². The molecule has 184 valence electrons. The lowest BCUT2D eigenvalue weighted by Gasteiger charge is -2.25. The second-order valence-corrected chi connectivity index (χ2v) is 14.0. The maximum absolute atomic E-state index is 13.2. The lowest BCUT2D eigenvalue weighted by atomic mass is 9.97. The van der Waals surface area contributed by atoms with Crippen LogP contribution in [0.1, 0.15) is 56.7 Å². The molecule has 0 amide bonds. The zero-order valence-electron chi connectivity index (χ0n) is 21.0. The molecule has 0 radical (unpaired) electrons. The molecular weight excluding hydrogens is 493 g/mol. The van der Waals surface area contributed by atoms with Gasteiger partial charge in [-0.15, -0.1) is 23.1 Å². The third-order valence-corrected chi connectivity index (χ3v) is 9.44. The zero-order valence-corrected chi connectivity index (χ0v) is 23.4. The number of fused-ring (bicyclic) bond motifs is 1. The molecule has 0 saturated heterocycles. The topological polar surface area (TPSA) is 62.2 Å². The Labute approximate surface area is 218 Å². The Balaban J connectivity index is 1.86. The first-order valence-electron chi connectivity index (χ1n) is 11.5. The third kappa shape index (κ3) is 5.70. The van der Waals surface area contributed by atoms with Crippen molar-refractivity contribution in [1.82, 2.24) is 9.71 Å². The molecule has 35 heavy (non-hydrogen) atoms. The molecule has 0 aliphatic rings. The van der Waals surface area contributed by atoms with Crippen LogP contribution in [0.4, 0.5) is 0 Å². The van der Waals surface area contributed by atoms with Crippen LogP contribution in [-0.4, -0.2) is 25.3 Å². The van der Waals surface area contributed by atoms with Crippen LogP contribution in [0.3, 0.4) is 0 Å². The molecule has 2 aromatic carbocycles. The summed E-state index contributed by atoms with van der Waals surface area (Å²) in [7, 11) is -1.25. The first-order chi connectivity index (χ1) is 16.5. The monoisotopic (exact) mass is 524 g/mol. The van der Waals surface area contributed by atoms with Crippen LogP contribution in [-0.2, 0) is 16.6 Å². The Morgan fingerprint density at radius 1 is 1.03 bits per heavy atom. The van der Waals surface area contributed by atoms with Crippen LogP contribution >= 0.6 is 23.1 Å². The number of benzene rings is 2. The first kappa shape index (κ1) is 26.0. The fourth-order valence-electron chi connectivity index (χ4n) is 3.85. The Kier molecular flexibility index (Phi) is 7.55. The number of nitrogens with one attached hydrogen (secondary N) is 1. The molecule has 0 aliphatic carbocycles. The molecule has 0 spiro atoms. The highest BCUT2D eigenvalue weighted by molar-refractivity contribution is 7.98. The van der Waals surface area contributed by atoms with Crippen molar-refractivity contribution < 1.29 is 9.32 Å². The average molecular weight is 525 g/mol. The summed E-state index contributed by atoms with van der Waals surface area (Å²) in [5, 5.41) is 11.6. The van der Waals surface area contributed by atoms with E-state index in [9.17, 15) is 9.32 Å². The van der Waals surface area contributed by atoms with E-state index in [1.54, 1.807) is 43.1 Å². The average Bonchev–Trinajstić information content (AvgIpc) is 3.25. The predicted molar refractivity (Wildman–Crippen MR) is 151 cm³/mol. The van der Waals surface area contributed by atoms with Crippen LogP contribution in [0.5, 0.6) is 0 Å². The molecule has 0 bridgehead atoms. The van der Waals surface area contributed by atoms with Gasteiger partial charge in [-0.05, 0) is 81.7 Å². The fraction of sp³-hybridized carbons (Fsp3) is 0.321. The van der Waals surface area contributed by atoms with Crippen LogP contribution in [0, 0.1) is 0 Å². The molecule has 7 heteroatoms. The van der Waals surface area contributed by atoms with Crippen molar-refractivity contribution in [2.45, 2.75) is 55.9 Å². The predicted octanol–water partition coefficient (Wildman–Crippen LogP) is 7.05. The van der Waals surface area contributed by atoms with Gasteiger partial charge < -0.3 is 5.11 Å². The summed E-state index contributed by atoms with van der Waals surface area (Å²) in [5.74, 6) is 0. The second kappa shape index (κ2) is 10.1. The fourth-order valence-corrected chi connectivity index (χ4v) is 6.63. The quantitative estimate of drug-likeness (QED) is 0.254. The van der Waals surface area contributed by atoms with E-state index in [0.29, 0.717) is 0 Å². The van der Waals surface area contributed by atoms with Gasteiger partial charge in [0.25, 0.3) is 0 Å². The summed E-state index contributed by atoms with van der Waals surface area (Å²) in [5.41, 5.74) is 2.85. The Hall–Kier alpha value is -2.03. The lowest BCUT2D eigenvalue weighted by Crippen LogP contribution is -2.36. The number of aromatic nitrogens is 1. The van der Waals surface area contributed by atoms with Gasteiger partial charge in [0.05, 0.1) is 33.1 Å². The molecule has 0 saturated carbocycles. The van der Waals surface area contributed by atoms with Crippen molar-refractivity contribution in [2.75, 3.05) is 6.26 Å². The van der Waals surface area contributed by atoms with E-state index in [-0.39, 0.29) is 6.04 Å². The smallest absolute Gasteiger partial charge is 0.0979 e. The minimum Gasteiger partial charge on any atom is -0.386 e. The first-order valence-corrected chi connectivity index (χ1v) is 14.7. The van der Waals surface area contributed by atoms with Gasteiger partial charge in [-0.3, -0.25) is 4.98 Å². The van der Waals surface area contributed by atoms with E-state index in [1.807, 2.05) is 51.1 Å². The minimum atomic E-state index is -1.25. The molecule has 0 aliphatic heterocycles. The van der Waals surface area contributed by atoms with Crippen molar-refractivity contribution in [2.24, 2.45) is 0 Å². The molecule has 4 aromatic rings. The second-order valence-electron chi connectivity index (χ2n) is 10.0. The molecule has 2 heterocycles. The minimum absolute atomic E-state index is 0.209. The number of thioether (sulfide) groups is 1. The van der Waals surface area contributed by atoms with Gasteiger partial charge in [-0.2, -0.15) is 0 Å². The lowest BCUT2D eigenvalue weighted by molar-refractivity contribution is 0.0785. The Morgan fingerprint density at radius 2 is 1.77 bits per heavy atom. The molecular formula is C28H32N2O2S3. The molecule has 1 unspecified atom stereocenters. The molecule has 2 aromatic heterocycles. The van der Waals surface area contributed by atoms with Crippen molar-refractivity contribution >= 4 is 44.2 Å². The van der Waals surface area contributed by atoms with Gasteiger partial charge in [0, 0.05) is 26.2 Å². The number of pyridine rings is 1. The Bertz CT molecular complexity index is 1370. The normalized spacial score (nSPS) is 14.3. The van der Waals surface area contributed by atoms with E-state index < -0.39 is 21.3 Å². The van der Waals surface area contributed by atoms with E-state index in [0.717, 1.165) is 42.2 Å².